The predicted octanol–water partition coefficient (Wildman–Crippen LogP) is 2.36. The zero-order valence-corrected chi connectivity index (χ0v) is 8.72. The van der Waals surface area contributed by atoms with Gasteiger partial charge in [-0.3, -0.25) is 4.90 Å². The molecule has 0 radical (unpaired) electrons. The van der Waals surface area contributed by atoms with Crippen LogP contribution in [-0.2, 0) is 0 Å². The average Bonchev–Trinajstić information content (AvgIpc) is 2.17. The first-order valence-corrected chi connectivity index (χ1v) is 5.03. The largest absolute Gasteiger partial charge is 0.300 e. The van der Waals surface area contributed by atoms with Crippen LogP contribution in [0.15, 0.2) is 11.6 Å². The topological polar surface area (TPSA) is 27.0 Å². The lowest BCUT2D eigenvalue weighted by Crippen LogP contribution is -2.37. The minimum absolute atomic E-state index is 0.0961. The summed E-state index contributed by atoms with van der Waals surface area (Å²) in [5, 5.41) is 8.91. The molecule has 0 N–H and O–H groups in total. The molecule has 1 rings (SSSR count). The van der Waals surface area contributed by atoms with Crippen molar-refractivity contribution in [1.29, 1.82) is 5.26 Å². The van der Waals surface area contributed by atoms with Crippen LogP contribution in [-0.4, -0.2) is 24.5 Å². The molecule has 3 heteroatoms. The number of nitriles is 1. The van der Waals surface area contributed by atoms with Crippen molar-refractivity contribution >= 4 is 11.6 Å². The normalized spacial score (nSPS) is 23.2. The second-order valence-corrected chi connectivity index (χ2v) is 4.09. The fraction of sp³-hybridized carbons (Fsp3) is 0.700. The van der Waals surface area contributed by atoms with Gasteiger partial charge in [0.2, 0.25) is 0 Å². The van der Waals surface area contributed by atoms with Gasteiger partial charge in [0, 0.05) is 12.1 Å². The Morgan fingerprint density at radius 3 is 2.62 bits per heavy atom. The maximum atomic E-state index is 8.91. The Morgan fingerprint density at radius 1 is 1.54 bits per heavy atom. The first kappa shape index (κ1) is 10.6. The number of halogens is 1. The highest BCUT2D eigenvalue weighted by atomic mass is 35.5. The van der Waals surface area contributed by atoms with E-state index in [9.17, 15) is 0 Å². The van der Waals surface area contributed by atoms with E-state index in [1.807, 2.05) is 13.0 Å². The van der Waals surface area contributed by atoms with Crippen LogP contribution in [0.4, 0.5) is 0 Å². The van der Waals surface area contributed by atoms with Crippen LogP contribution in [0.1, 0.15) is 19.8 Å². The van der Waals surface area contributed by atoms with Gasteiger partial charge in [0.05, 0.1) is 11.5 Å². The van der Waals surface area contributed by atoms with Crippen molar-refractivity contribution in [3.63, 3.8) is 0 Å². The van der Waals surface area contributed by atoms with Gasteiger partial charge in [0.15, 0.2) is 0 Å². The van der Waals surface area contributed by atoms with Crippen LogP contribution in [0, 0.1) is 16.7 Å². The SMILES string of the molecule is CC1(C#N)CCN(C/C=C/Cl)CC1. The van der Waals surface area contributed by atoms with Gasteiger partial charge in [0.25, 0.3) is 0 Å². The summed E-state index contributed by atoms with van der Waals surface area (Å²) >= 11 is 5.44. The quantitative estimate of drug-likeness (QED) is 0.681. The molecule has 1 saturated heterocycles. The van der Waals surface area contributed by atoms with E-state index in [4.69, 9.17) is 16.9 Å². The Kier molecular flexibility index (Phi) is 3.77. The first-order valence-electron chi connectivity index (χ1n) is 4.59. The number of rotatable bonds is 2. The summed E-state index contributed by atoms with van der Waals surface area (Å²) in [6, 6.07) is 2.39. The molecule has 1 fully saturated rings. The summed E-state index contributed by atoms with van der Waals surface area (Å²) < 4.78 is 0. The van der Waals surface area contributed by atoms with Gasteiger partial charge in [-0.1, -0.05) is 17.7 Å². The molecule has 1 heterocycles. The third kappa shape index (κ3) is 3.02. The second-order valence-electron chi connectivity index (χ2n) is 3.83. The Morgan fingerprint density at radius 2 is 2.15 bits per heavy atom. The molecule has 0 aliphatic carbocycles. The van der Waals surface area contributed by atoms with Gasteiger partial charge in [-0.05, 0) is 32.9 Å². The van der Waals surface area contributed by atoms with Gasteiger partial charge in [-0.2, -0.15) is 5.26 Å². The maximum absolute atomic E-state index is 8.91. The van der Waals surface area contributed by atoms with Crippen LogP contribution in [0.2, 0.25) is 0 Å². The Labute approximate surface area is 84.8 Å². The Bertz CT molecular complexity index is 222. The van der Waals surface area contributed by atoms with Crippen molar-refractivity contribution in [3.8, 4) is 6.07 Å². The van der Waals surface area contributed by atoms with Crippen molar-refractivity contribution in [3.05, 3.63) is 11.6 Å². The van der Waals surface area contributed by atoms with Crippen LogP contribution >= 0.6 is 11.6 Å². The van der Waals surface area contributed by atoms with Crippen LogP contribution < -0.4 is 0 Å². The monoisotopic (exact) mass is 198 g/mol. The fourth-order valence-electron chi connectivity index (χ4n) is 1.53. The molecule has 0 unspecified atom stereocenters. The van der Waals surface area contributed by atoms with Crippen LogP contribution in [0.3, 0.4) is 0 Å². The van der Waals surface area contributed by atoms with Gasteiger partial charge in [-0.15, -0.1) is 0 Å². The maximum Gasteiger partial charge on any atom is 0.0687 e. The van der Waals surface area contributed by atoms with Gasteiger partial charge >= 0.3 is 0 Å². The molecule has 0 aromatic carbocycles. The van der Waals surface area contributed by atoms with Crippen LogP contribution in [0.25, 0.3) is 0 Å². The Balaban J connectivity index is 2.35. The number of hydrogen-bond donors (Lipinski definition) is 0. The molecular formula is C10H15ClN2. The van der Waals surface area contributed by atoms with Crippen molar-refractivity contribution < 1.29 is 0 Å². The minimum atomic E-state index is -0.0961. The summed E-state index contributed by atoms with van der Waals surface area (Å²) in [5.74, 6) is 0. The molecule has 0 saturated carbocycles. The highest BCUT2D eigenvalue weighted by Gasteiger charge is 2.29. The van der Waals surface area contributed by atoms with E-state index in [-0.39, 0.29) is 5.41 Å². The third-order valence-electron chi connectivity index (χ3n) is 2.68. The van der Waals surface area contributed by atoms with Crippen molar-refractivity contribution in [2.45, 2.75) is 19.8 Å². The first-order chi connectivity index (χ1) is 6.20. The molecule has 0 atom stereocenters. The van der Waals surface area contributed by atoms with E-state index in [1.54, 1.807) is 5.54 Å². The minimum Gasteiger partial charge on any atom is -0.300 e. The molecule has 0 spiro atoms. The van der Waals surface area contributed by atoms with E-state index in [0.29, 0.717) is 0 Å². The van der Waals surface area contributed by atoms with E-state index in [2.05, 4.69) is 11.0 Å². The molecule has 2 nitrogen and oxygen atoms in total. The van der Waals surface area contributed by atoms with Crippen molar-refractivity contribution in [2.24, 2.45) is 5.41 Å². The summed E-state index contributed by atoms with van der Waals surface area (Å²) in [7, 11) is 0. The fourth-order valence-corrected chi connectivity index (χ4v) is 1.61. The molecule has 0 aromatic heterocycles. The smallest absolute Gasteiger partial charge is 0.0687 e. The lowest BCUT2D eigenvalue weighted by atomic mass is 9.82. The van der Waals surface area contributed by atoms with E-state index in [0.717, 1.165) is 32.5 Å². The molecule has 1 aliphatic rings. The second kappa shape index (κ2) is 4.64. The summed E-state index contributed by atoms with van der Waals surface area (Å²) in [5.41, 5.74) is 1.46. The van der Waals surface area contributed by atoms with Crippen LogP contribution in [0.5, 0.6) is 0 Å². The number of nitrogens with zero attached hydrogens (tertiary/aromatic N) is 2. The number of likely N-dealkylation sites (tertiary alicyclic amines) is 1. The van der Waals surface area contributed by atoms with Gasteiger partial charge in [0.1, 0.15) is 0 Å². The van der Waals surface area contributed by atoms with E-state index in [1.165, 1.54) is 0 Å². The zero-order valence-electron chi connectivity index (χ0n) is 7.96. The van der Waals surface area contributed by atoms with E-state index < -0.39 is 0 Å². The predicted molar refractivity (Wildman–Crippen MR) is 54.4 cm³/mol. The zero-order chi connectivity index (χ0) is 9.73. The molecule has 0 bridgehead atoms. The molecule has 1 aliphatic heterocycles. The molecular weight excluding hydrogens is 184 g/mol. The van der Waals surface area contributed by atoms with Crippen molar-refractivity contribution in [1.82, 2.24) is 4.90 Å². The highest BCUT2D eigenvalue weighted by molar-refractivity contribution is 6.25. The Hall–Kier alpha value is -0.520. The lowest BCUT2D eigenvalue weighted by Gasteiger charge is -2.34. The number of piperidine rings is 1. The summed E-state index contributed by atoms with van der Waals surface area (Å²) in [4.78, 5) is 2.32. The molecule has 0 aromatic rings. The molecule has 0 amide bonds. The van der Waals surface area contributed by atoms with Crippen molar-refractivity contribution in [2.75, 3.05) is 19.6 Å². The molecule has 72 valence electrons. The van der Waals surface area contributed by atoms with Gasteiger partial charge in [-0.25, -0.2) is 0 Å². The lowest BCUT2D eigenvalue weighted by molar-refractivity contribution is 0.170. The standard InChI is InChI=1S/C10H15ClN2/c1-10(9-12)3-7-13(8-4-10)6-2-5-11/h2,5H,3-4,6-8H2,1H3/b5-2+. The highest BCUT2D eigenvalue weighted by Crippen LogP contribution is 2.29. The average molecular weight is 199 g/mol. The van der Waals surface area contributed by atoms with Gasteiger partial charge < -0.3 is 0 Å². The molecule has 13 heavy (non-hydrogen) atoms. The number of hydrogen-bond acceptors (Lipinski definition) is 2. The van der Waals surface area contributed by atoms with E-state index >= 15 is 0 Å². The third-order valence-corrected chi connectivity index (χ3v) is 2.86. The summed E-state index contributed by atoms with van der Waals surface area (Å²) in [6.07, 6.45) is 3.88. The summed E-state index contributed by atoms with van der Waals surface area (Å²) in [6.45, 7) is 4.96.